The monoisotopic (exact) mass is 269 g/mol. The molecule has 0 bridgehead atoms. The molecular formula is C15H12FN3O. The van der Waals surface area contributed by atoms with Crippen LogP contribution in [0, 0.1) is 12.7 Å². The molecule has 0 saturated heterocycles. The minimum Gasteiger partial charge on any atom is -0.329 e. The summed E-state index contributed by atoms with van der Waals surface area (Å²) in [6, 6.07) is 10.3. The number of H-pyrrole nitrogens is 1. The summed E-state index contributed by atoms with van der Waals surface area (Å²) in [4.78, 5) is 10.5. The van der Waals surface area contributed by atoms with Crippen molar-refractivity contribution in [3.05, 3.63) is 47.8 Å². The zero-order chi connectivity index (χ0) is 14.1. The van der Waals surface area contributed by atoms with Crippen LogP contribution in [-0.2, 0) is 4.79 Å². The first-order valence-electron chi connectivity index (χ1n) is 6.14. The number of fused-ring (bicyclic) bond motifs is 1. The third-order valence-electron chi connectivity index (χ3n) is 3.17. The zero-order valence-corrected chi connectivity index (χ0v) is 10.8. The van der Waals surface area contributed by atoms with E-state index in [1.165, 1.54) is 6.07 Å². The molecule has 0 aliphatic rings. The first kappa shape index (κ1) is 12.3. The van der Waals surface area contributed by atoms with E-state index in [2.05, 4.69) is 15.5 Å². The Hall–Kier alpha value is -2.69. The molecule has 0 aliphatic heterocycles. The Balaban J connectivity index is 2.20. The molecule has 5 heteroatoms. The fourth-order valence-electron chi connectivity index (χ4n) is 2.19. The molecule has 1 amide bonds. The summed E-state index contributed by atoms with van der Waals surface area (Å²) in [7, 11) is 0. The minimum absolute atomic E-state index is 0.313. The number of hydrogen-bond donors (Lipinski definition) is 2. The Labute approximate surface area is 114 Å². The third-order valence-corrected chi connectivity index (χ3v) is 3.17. The maximum atomic E-state index is 14.1. The molecule has 0 unspecified atom stereocenters. The van der Waals surface area contributed by atoms with Crippen LogP contribution in [0.25, 0.3) is 22.2 Å². The molecule has 1 aromatic heterocycles. The lowest BCUT2D eigenvalue weighted by atomic mass is 10.1. The van der Waals surface area contributed by atoms with Gasteiger partial charge in [0.1, 0.15) is 11.5 Å². The van der Waals surface area contributed by atoms with Gasteiger partial charge in [-0.05, 0) is 42.8 Å². The van der Waals surface area contributed by atoms with Gasteiger partial charge in [-0.25, -0.2) is 4.39 Å². The standard InChI is InChI=1S/C15H12FN3O/c1-9-2-4-11(13(16)6-9)15-12-7-10(17-8-20)3-5-14(12)18-19-15/h2-8H,1H3,(H,17,20)(H,18,19). The highest BCUT2D eigenvalue weighted by Crippen LogP contribution is 2.30. The number of carbonyl (C=O) groups is 1. The van der Waals surface area contributed by atoms with Crippen LogP contribution >= 0.6 is 0 Å². The number of benzene rings is 2. The highest BCUT2D eigenvalue weighted by Gasteiger charge is 2.12. The van der Waals surface area contributed by atoms with Crippen molar-refractivity contribution in [1.82, 2.24) is 10.2 Å². The number of carbonyl (C=O) groups excluding carboxylic acids is 1. The molecule has 0 radical (unpaired) electrons. The molecule has 0 atom stereocenters. The number of aryl methyl sites for hydroxylation is 1. The molecule has 1 heterocycles. The minimum atomic E-state index is -0.313. The number of hydrogen-bond acceptors (Lipinski definition) is 2. The average Bonchev–Trinajstić information content (AvgIpc) is 2.82. The van der Waals surface area contributed by atoms with E-state index in [1.807, 2.05) is 13.0 Å². The van der Waals surface area contributed by atoms with E-state index >= 15 is 0 Å². The average molecular weight is 269 g/mol. The van der Waals surface area contributed by atoms with Crippen molar-refractivity contribution in [2.24, 2.45) is 0 Å². The molecule has 0 saturated carbocycles. The predicted molar refractivity (Wildman–Crippen MR) is 75.9 cm³/mol. The maximum absolute atomic E-state index is 14.1. The van der Waals surface area contributed by atoms with E-state index in [1.54, 1.807) is 24.3 Å². The summed E-state index contributed by atoms with van der Waals surface area (Å²) in [6.07, 6.45) is 0.605. The van der Waals surface area contributed by atoms with Crippen LogP contribution in [0.1, 0.15) is 5.56 Å². The molecule has 0 spiro atoms. The summed E-state index contributed by atoms with van der Waals surface area (Å²) in [5.41, 5.74) is 3.26. The van der Waals surface area contributed by atoms with Crippen molar-refractivity contribution < 1.29 is 9.18 Å². The van der Waals surface area contributed by atoms with Crippen molar-refractivity contribution >= 4 is 23.0 Å². The molecule has 2 N–H and O–H groups in total. The lowest BCUT2D eigenvalue weighted by Crippen LogP contribution is -1.93. The van der Waals surface area contributed by atoms with Gasteiger partial charge in [0.25, 0.3) is 0 Å². The van der Waals surface area contributed by atoms with E-state index < -0.39 is 0 Å². The lowest BCUT2D eigenvalue weighted by Gasteiger charge is -2.03. The van der Waals surface area contributed by atoms with Gasteiger partial charge < -0.3 is 5.32 Å². The second-order valence-corrected chi connectivity index (χ2v) is 4.58. The molecule has 100 valence electrons. The van der Waals surface area contributed by atoms with Crippen LogP contribution in [0.15, 0.2) is 36.4 Å². The fourth-order valence-corrected chi connectivity index (χ4v) is 2.19. The summed E-state index contributed by atoms with van der Waals surface area (Å²) in [5.74, 6) is -0.313. The number of nitrogens with one attached hydrogen (secondary N) is 2. The topological polar surface area (TPSA) is 57.8 Å². The molecule has 20 heavy (non-hydrogen) atoms. The predicted octanol–water partition coefficient (Wildman–Crippen LogP) is 3.25. The van der Waals surface area contributed by atoms with Crippen LogP contribution in [0.4, 0.5) is 10.1 Å². The number of aromatic amines is 1. The number of anilines is 1. The van der Waals surface area contributed by atoms with Crippen LogP contribution in [0.5, 0.6) is 0 Å². The Kier molecular flexibility index (Phi) is 2.95. The normalized spacial score (nSPS) is 10.7. The number of aromatic nitrogens is 2. The van der Waals surface area contributed by atoms with Crippen LogP contribution in [-0.4, -0.2) is 16.6 Å². The van der Waals surface area contributed by atoms with Gasteiger partial charge in [0.2, 0.25) is 6.41 Å². The van der Waals surface area contributed by atoms with Gasteiger partial charge in [-0.15, -0.1) is 0 Å². The summed E-state index contributed by atoms with van der Waals surface area (Å²) < 4.78 is 14.1. The summed E-state index contributed by atoms with van der Waals surface area (Å²) >= 11 is 0. The van der Waals surface area contributed by atoms with Crippen LogP contribution in [0.3, 0.4) is 0 Å². The maximum Gasteiger partial charge on any atom is 0.211 e. The van der Waals surface area contributed by atoms with E-state index in [-0.39, 0.29) is 5.82 Å². The Morgan fingerprint density at radius 3 is 2.85 bits per heavy atom. The number of nitrogens with zero attached hydrogens (tertiary/aromatic N) is 1. The fraction of sp³-hybridized carbons (Fsp3) is 0.0667. The number of amides is 1. The van der Waals surface area contributed by atoms with E-state index in [0.717, 1.165) is 16.5 Å². The molecule has 0 fully saturated rings. The molecule has 3 rings (SSSR count). The van der Waals surface area contributed by atoms with Crippen LogP contribution < -0.4 is 5.32 Å². The smallest absolute Gasteiger partial charge is 0.211 e. The summed E-state index contributed by atoms with van der Waals surface area (Å²) in [5, 5.41) is 10.4. The van der Waals surface area contributed by atoms with E-state index in [0.29, 0.717) is 23.4 Å². The quantitative estimate of drug-likeness (QED) is 0.717. The van der Waals surface area contributed by atoms with Crippen LogP contribution in [0.2, 0.25) is 0 Å². The van der Waals surface area contributed by atoms with Gasteiger partial charge >= 0.3 is 0 Å². The zero-order valence-electron chi connectivity index (χ0n) is 10.8. The Morgan fingerprint density at radius 2 is 2.10 bits per heavy atom. The van der Waals surface area contributed by atoms with Gasteiger partial charge in [0.15, 0.2) is 0 Å². The molecule has 0 aliphatic carbocycles. The van der Waals surface area contributed by atoms with Gasteiger partial charge in [-0.1, -0.05) is 6.07 Å². The SMILES string of the molecule is Cc1ccc(-c2n[nH]c3ccc(NC=O)cc23)c(F)c1. The lowest BCUT2D eigenvalue weighted by molar-refractivity contribution is -0.105. The van der Waals surface area contributed by atoms with Crippen molar-refractivity contribution in [3.63, 3.8) is 0 Å². The number of rotatable bonds is 3. The first-order valence-corrected chi connectivity index (χ1v) is 6.14. The molecule has 3 aromatic rings. The Morgan fingerprint density at radius 1 is 1.25 bits per heavy atom. The second kappa shape index (κ2) is 4.77. The largest absolute Gasteiger partial charge is 0.329 e. The van der Waals surface area contributed by atoms with Gasteiger partial charge in [0.05, 0.1) is 5.52 Å². The second-order valence-electron chi connectivity index (χ2n) is 4.58. The van der Waals surface area contributed by atoms with Gasteiger partial charge in [-0.2, -0.15) is 5.10 Å². The highest BCUT2D eigenvalue weighted by atomic mass is 19.1. The summed E-state index contributed by atoms with van der Waals surface area (Å²) in [6.45, 7) is 1.83. The molecular weight excluding hydrogens is 257 g/mol. The Bertz CT molecular complexity index is 795. The highest BCUT2D eigenvalue weighted by molar-refractivity contribution is 5.96. The van der Waals surface area contributed by atoms with Crippen molar-refractivity contribution in [3.8, 4) is 11.3 Å². The third kappa shape index (κ3) is 2.03. The van der Waals surface area contributed by atoms with Gasteiger partial charge in [0, 0.05) is 16.6 Å². The van der Waals surface area contributed by atoms with Gasteiger partial charge in [-0.3, -0.25) is 9.89 Å². The first-order chi connectivity index (χ1) is 9.69. The van der Waals surface area contributed by atoms with Crippen molar-refractivity contribution in [2.75, 3.05) is 5.32 Å². The van der Waals surface area contributed by atoms with Crippen molar-refractivity contribution in [2.45, 2.75) is 6.92 Å². The molecule has 4 nitrogen and oxygen atoms in total. The van der Waals surface area contributed by atoms with E-state index in [4.69, 9.17) is 0 Å². The molecule has 2 aromatic carbocycles. The number of halogens is 1. The van der Waals surface area contributed by atoms with Crippen molar-refractivity contribution in [1.29, 1.82) is 0 Å². The van der Waals surface area contributed by atoms with E-state index in [9.17, 15) is 9.18 Å².